The number of aromatic nitrogens is 2. The Hall–Kier alpha value is -4.33. The summed E-state index contributed by atoms with van der Waals surface area (Å²) < 4.78 is 7.36. The van der Waals surface area contributed by atoms with Crippen LogP contribution in [0.4, 0.5) is 5.69 Å². The lowest BCUT2D eigenvalue weighted by atomic mass is 10.0. The number of amides is 2. The van der Waals surface area contributed by atoms with Gasteiger partial charge in [0, 0.05) is 24.7 Å². The first kappa shape index (κ1) is 22.2. The van der Waals surface area contributed by atoms with Crippen LogP contribution in [-0.4, -0.2) is 46.0 Å². The third kappa shape index (κ3) is 3.94. The number of rotatable bonds is 4. The van der Waals surface area contributed by atoms with Gasteiger partial charge in [0.1, 0.15) is 5.75 Å². The number of nitrogens with zero attached hydrogens (tertiary/aromatic N) is 3. The summed E-state index contributed by atoms with van der Waals surface area (Å²) in [5.74, 6) is 0.539. The molecule has 1 aromatic heterocycles. The summed E-state index contributed by atoms with van der Waals surface area (Å²) in [6, 6.07) is 22.7. The number of imidazole rings is 1. The maximum Gasteiger partial charge on any atom is 0.326 e. The molecule has 2 aliphatic rings. The second-order valence-corrected chi connectivity index (χ2v) is 9.28. The molecule has 182 valence electrons. The Morgan fingerprint density at radius 1 is 0.944 bits per heavy atom. The van der Waals surface area contributed by atoms with Crippen molar-refractivity contribution in [2.75, 3.05) is 24.6 Å². The molecule has 8 nitrogen and oxygen atoms in total. The molecule has 36 heavy (non-hydrogen) atoms. The zero-order valence-corrected chi connectivity index (χ0v) is 19.7. The number of ether oxygens (including phenoxy) is 1. The average molecular weight is 483 g/mol. The van der Waals surface area contributed by atoms with Crippen molar-refractivity contribution in [3.63, 3.8) is 0 Å². The molecule has 0 bridgehead atoms. The number of hydrogen-bond acceptors (Lipinski definition) is 4. The minimum Gasteiger partial charge on any atom is -0.482 e. The fourth-order valence-corrected chi connectivity index (χ4v) is 5.26. The lowest BCUT2D eigenvalue weighted by Crippen LogP contribution is -2.40. The summed E-state index contributed by atoms with van der Waals surface area (Å²) in [5.41, 5.74) is 3.85. The highest BCUT2D eigenvalue weighted by Gasteiger charge is 2.28. The zero-order valence-electron chi connectivity index (χ0n) is 19.7. The number of carbonyl (C=O) groups is 2. The molecule has 0 radical (unpaired) electrons. The van der Waals surface area contributed by atoms with Gasteiger partial charge in [-0.25, -0.2) is 4.79 Å². The molecule has 4 aromatic rings. The number of aromatic amines is 1. The van der Waals surface area contributed by atoms with Gasteiger partial charge < -0.3 is 19.5 Å². The second-order valence-electron chi connectivity index (χ2n) is 9.28. The van der Waals surface area contributed by atoms with E-state index in [4.69, 9.17) is 4.74 Å². The molecule has 0 unspecified atom stereocenters. The van der Waals surface area contributed by atoms with Gasteiger partial charge in [0.2, 0.25) is 0 Å². The van der Waals surface area contributed by atoms with Crippen molar-refractivity contribution in [1.29, 1.82) is 0 Å². The number of anilines is 1. The summed E-state index contributed by atoms with van der Waals surface area (Å²) in [7, 11) is 0. The highest BCUT2D eigenvalue weighted by molar-refractivity contribution is 5.98. The van der Waals surface area contributed by atoms with Gasteiger partial charge in [0.25, 0.3) is 11.8 Å². The SMILES string of the molecule is O=C(c1cccc(CN2C(=O)COc3ccccc32)c1)N1CCC(n2c(=O)[nH]c3ccccc32)CC1. The molecule has 0 aliphatic carbocycles. The Bertz CT molecular complexity index is 1510. The summed E-state index contributed by atoms with van der Waals surface area (Å²) >= 11 is 0. The number of carbonyl (C=O) groups excluding carboxylic acids is 2. The van der Waals surface area contributed by atoms with Crippen LogP contribution in [0.3, 0.4) is 0 Å². The number of fused-ring (bicyclic) bond motifs is 2. The van der Waals surface area contributed by atoms with Crippen LogP contribution in [0.2, 0.25) is 0 Å². The van der Waals surface area contributed by atoms with Crippen LogP contribution in [0.15, 0.2) is 77.6 Å². The quantitative estimate of drug-likeness (QED) is 0.480. The van der Waals surface area contributed by atoms with E-state index >= 15 is 0 Å². The van der Waals surface area contributed by atoms with Crippen molar-refractivity contribution in [3.05, 3.63) is 94.4 Å². The first-order chi connectivity index (χ1) is 17.6. The molecule has 6 rings (SSSR count). The van der Waals surface area contributed by atoms with Crippen molar-refractivity contribution in [3.8, 4) is 5.75 Å². The second kappa shape index (κ2) is 9.03. The van der Waals surface area contributed by atoms with Crippen LogP contribution in [-0.2, 0) is 11.3 Å². The van der Waals surface area contributed by atoms with Gasteiger partial charge in [0.15, 0.2) is 6.61 Å². The molecule has 1 N–H and O–H groups in total. The Kier molecular flexibility index (Phi) is 5.56. The number of hydrogen-bond donors (Lipinski definition) is 1. The van der Waals surface area contributed by atoms with E-state index in [0.717, 1.165) is 22.3 Å². The third-order valence-electron chi connectivity index (χ3n) is 7.06. The Morgan fingerprint density at radius 2 is 1.72 bits per heavy atom. The van der Waals surface area contributed by atoms with E-state index in [1.807, 2.05) is 82.3 Å². The fourth-order valence-electron chi connectivity index (χ4n) is 5.26. The fraction of sp³-hybridized carbons (Fsp3) is 0.250. The van der Waals surface area contributed by atoms with E-state index in [9.17, 15) is 14.4 Å². The molecule has 3 heterocycles. The van der Waals surface area contributed by atoms with E-state index in [0.29, 0.717) is 43.8 Å². The monoisotopic (exact) mass is 482 g/mol. The van der Waals surface area contributed by atoms with Crippen molar-refractivity contribution in [1.82, 2.24) is 14.5 Å². The normalized spacial score (nSPS) is 16.2. The predicted octanol–water partition coefficient (Wildman–Crippen LogP) is 3.73. The van der Waals surface area contributed by atoms with Crippen LogP contribution in [0.5, 0.6) is 5.75 Å². The first-order valence-electron chi connectivity index (χ1n) is 12.2. The van der Waals surface area contributed by atoms with Crippen LogP contribution in [0.25, 0.3) is 11.0 Å². The Labute approximate surface area is 207 Å². The molecule has 0 saturated carbocycles. The smallest absolute Gasteiger partial charge is 0.326 e. The Balaban J connectivity index is 1.16. The van der Waals surface area contributed by atoms with Gasteiger partial charge in [-0.2, -0.15) is 0 Å². The van der Waals surface area contributed by atoms with Crippen molar-refractivity contribution >= 4 is 28.5 Å². The molecular formula is C28H26N4O4. The maximum atomic E-state index is 13.3. The van der Waals surface area contributed by atoms with E-state index < -0.39 is 0 Å². The zero-order chi connectivity index (χ0) is 24.6. The number of piperidine rings is 1. The number of likely N-dealkylation sites (tertiary alicyclic amines) is 1. The molecule has 2 aliphatic heterocycles. The number of benzene rings is 3. The van der Waals surface area contributed by atoms with Crippen LogP contribution >= 0.6 is 0 Å². The van der Waals surface area contributed by atoms with Crippen LogP contribution in [0, 0.1) is 0 Å². The largest absolute Gasteiger partial charge is 0.482 e. The average Bonchev–Trinajstić information content (AvgIpc) is 3.26. The predicted molar refractivity (Wildman–Crippen MR) is 136 cm³/mol. The summed E-state index contributed by atoms with van der Waals surface area (Å²) in [6.07, 6.45) is 1.43. The molecule has 3 aromatic carbocycles. The van der Waals surface area contributed by atoms with Gasteiger partial charge in [-0.1, -0.05) is 36.4 Å². The van der Waals surface area contributed by atoms with E-state index in [2.05, 4.69) is 4.98 Å². The van der Waals surface area contributed by atoms with Crippen molar-refractivity contribution < 1.29 is 14.3 Å². The van der Waals surface area contributed by atoms with Crippen LogP contribution < -0.4 is 15.3 Å². The maximum absolute atomic E-state index is 13.3. The van der Waals surface area contributed by atoms with Gasteiger partial charge in [-0.15, -0.1) is 0 Å². The van der Waals surface area contributed by atoms with Gasteiger partial charge in [-0.05, 0) is 54.8 Å². The van der Waals surface area contributed by atoms with Gasteiger partial charge in [0.05, 0.1) is 23.3 Å². The minimum atomic E-state index is -0.111. The van der Waals surface area contributed by atoms with E-state index in [1.165, 1.54) is 0 Å². The van der Waals surface area contributed by atoms with E-state index in [1.54, 1.807) is 4.90 Å². The third-order valence-corrected chi connectivity index (χ3v) is 7.06. The number of H-pyrrole nitrogens is 1. The molecule has 8 heteroatoms. The molecule has 2 amide bonds. The van der Waals surface area contributed by atoms with Crippen LogP contribution in [0.1, 0.15) is 34.8 Å². The summed E-state index contributed by atoms with van der Waals surface area (Å²) in [5, 5.41) is 0. The van der Waals surface area contributed by atoms with Gasteiger partial charge in [-0.3, -0.25) is 14.2 Å². The molecule has 1 saturated heterocycles. The molecular weight excluding hydrogens is 456 g/mol. The lowest BCUT2D eigenvalue weighted by Gasteiger charge is -2.33. The highest BCUT2D eigenvalue weighted by atomic mass is 16.5. The van der Waals surface area contributed by atoms with Crippen molar-refractivity contribution in [2.24, 2.45) is 0 Å². The van der Waals surface area contributed by atoms with E-state index in [-0.39, 0.29) is 30.2 Å². The highest BCUT2D eigenvalue weighted by Crippen LogP contribution is 2.33. The standard InChI is InChI=1S/C28H26N4O4/c33-26-18-36-25-11-4-3-10-24(25)31(26)17-19-6-5-7-20(16-19)27(34)30-14-12-21(13-15-30)32-23-9-2-1-8-22(23)29-28(32)35/h1-11,16,21H,12-15,17-18H2,(H,29,35). The topological polar surface area (TPSA) is 87.6 Å². The first-order valence-corrected chi connectivity index (χ1v) is 12.2. The number of para-hydroxylation sites is 4. The summed E-state index contributed by atoms with van der Waals surface area (Å²) in [4.78, 5) is 44.9. The lowest BCUT2D eigenvalue weighted by molar-refractivity contribution is -0.121. The molecule has 0 spiro atoms. The van der Waals surface area contributed by atoms with Crippen molar-refractivity contribution in [2.45, 2.75) is 25.4 Å². The summed E-state index contributed by atoms with van der Waals surface area (Å²) in [6.45, 7) is 1.53. The Morgan fingerprint density at radius 3 is 2.58 bits per heavy atom. The number of nitrogens with one attached hydrogen (secondary N) is 1. The van der Waals surface area contributed by atoms with Gasteiger partial charge >= 0.3 is 5.69 Å². The molecule has 1 fully saturated rings. The minimum absolute atomic E-state index is 0.00406. The molecule has 0 atom stereocenters.